The van der Waals surface area contributed by atoms with Crippen LogP contribution in [-0.4, -0.2) is 17.9 Å². The van der Waals surface area contributed by atoms with Gasteiger partial charge < -0.3 is 0 Å². The summed E-state index contributed by atoms with van der Waals surface area (Å²) in [6.07, 6.45) is 0. The van der Waals surface area contributed by atoms with E-state index < -0.39 is 46.7 Å². The predicted octanol–water partition coefficient (Wildman–Crippen LogP) is 2.37. The molecule has 1 N–H and O–H groups in total. The highest BCUT2D eigenvalue weighted by molar-refractivity contribution is 9.11. The molecular weight excluding hydrogens is 358 g/mol. The van der Waals surface area contributed by atoms with Gasteiger partial charge in [0.05, 0.1) is 21.5 Å². The van der Waals surface area contributed by atoms with E-state index in [1.807, 2.05) is 0 Å². The van der Waals surface area contributed by atoms with Crippen LogP contribution in [0.4, 0.5) is 5.69 Å². The van der Waals surface area contributed by atoms with Gasteiger partial charge in [0.25, 0.3) is 15.8 Å². The van der Waals surface area contributed by atoms with Gasteiger partial charge in [0.15, 0.2) is 0 Å². The lowest BCUT2D eigenvalue weighted by molar-refractivity contribution is -0.386. The highest BCUT2D eigenvalue weighted by Gasteiger charge is 2.21. The average molecular weight is 363 g/mol. The van der Waals surface area contributed by atoms with Crippen LogP contribution in [0, 0.1) is 10.1 Å². The van der Waals surface area contributed by atoms with E-state index in [9.17, 15) is 18.5 Å². The Morgan fingerprint density at radius 3 is 2.07 bits per heavy atom. The molecule has 6 nitrogen and oxygen atoms in total. The molecule has 0 aliphatic heterocycles. The van der Waals surface area contributed by atoms with Crippen molar-refractivity contribution in [3.05, 3.63) is 31.1 Å². The minimum atomic E-state index is -4.81. The third-order valence-electron chi connectivity index (χ3n) is 1.30. The largest absolute Gasteiger partial charge is 0.297 e. The molecule has 0 unspecified atom stereocenters. The normalized spacial score (nSPS) is 13.3. The third kappa shape index (κ3) is 2.74. The summed E-state index contributed by atoms with van der Waals surface area (Å²) in [6, 6.07) is -1.68. The molecule has 0 radical (unpaired) electrons. The van der Waals surface area contributed by atoms with Crippen molar-refractivity contribution in [1.82, 2.24) is 0 Å². The first-order valence-corrected chi connectivity index (χ1v) is 6.21. The molecule has 0 aliphatic rings. The molecule has 9 heteroatoms. The van der Waals surface area contributed by atoms with Crippen LogP contribution in [0.15, 0.2) is 25.9 Å². The second-order valence-electron chi connectivity index (χ2n) is 2.29. The smallest absolute Gasteiger partial charge is 0.282 e. The van der Waals surface area contributed by atoms with E-state index in [4.69, 9.17) is 7.29 Å². The summed E-state index contributed by atoms with van der Waals surface area (Å²) >= 11 is 5.38. The molecule has 0 spiro atoms. The fourth-order valence-electron chi connectivity index (χ4n) is 0.735. The lowest BCUT2D eigenvalue weighted by Gasteiger charge is -2.01. The molecule has 0 fully saturated rings. The Labute approximate surface area is 104 Å². The van der Waals surface area contributed by atoms with Crippen LogP contribution in [-0.2, 0) is 10.1 Å². The minimum Gasteiger partial charge on any atom is -0.282 e. The standard InChI is InChI=1S/C6H3Br2NO5S/c7-4-1-3(15(12,13)14)2-5(8)6(4)9(10)11/h1-2H,(H,12,13,14)/i1D,2D. The number of rotatable bonds is 2. The first kappa shape index (κ1) is 9.70. The second-order valence-corrected chi connectivity index (χ2v) is 5.23. The summed E-state index contributed by atoms with van der Waals surface area (Å²) in [4.78, 5) is 8.80. The zero-order valence-electron chi connectivity index (χ0n) is 8.69. The van der Waals surface area contributed by atoms with Gasteiger partial charge in [-0.25, -0.2) is 0 Å². The molecule has 0 saturated heterocycles. The number of hydrogen-bond donors (Lipinski definition) is 1. The molecule has 0 saturated carbocycles. The van der Waals surface area contributed by atoms with E-state index in [1.54, 1.807) is 0 Å². The molecule has 0 bridgehead atoms. The Kier molecular flexibility index (Phi) is 2.69. The van der Waals surface area contributed by atoms with Crippen LogP contribution in [0.5, 0.6) is 0 Å². The Balaban J connectivity index is 3.91. The lowest BCUT2D eigenvalue weighted by atomic mass is 10.3. The van der Waals surface area contributed by atoms with Gasteiger partial charge in [-0.05, 0) is 43.9 Å². The maximum atomic E-state index is 11.0. The maximum absolute atomic E-state index is 11.0. The quantitative estimate of drug-likeness (QED) is 0.494. The molecule has 0 heterocycles. The van der Waals surface area contributed by atoms with E-state index in [0.717, 1.165) is 0 Å². The van der Waals surface area contributed by atoms with E-state index in [1.165, 1.54) is 0 Å². The Morgan fingerprint density at radius 1 is 1.40 bits per heavy atom. The van der Waals surface area contributed by atoms with Crippen molar-refractivity contribution < 1.29 is 20.6 Å². The van der Waals surface area contributed by atoms with E-state index in [-0.39, 0.29) is 0 Å². The van der Waals surface area contributed by atoms with Crippen LogP contribution in [0.2, 0.25) is 0 Å². The fraction of sp³-hybridized carbons (Fsp3) is 0. The topological polar surface area (TPSA) is 97.5 Å². The molecular formula is C6H3Br2NO5S. The van der Waals surface area contributed by atoms with Crippen molar-refractivity contribution in [1.29, 1.82) is 0 Å². The SMILES string of the molecule is [2H]c1c(Br)c([N+](=O)[O-])c(Br)c([2H])c1S(=O)(=O)O. The Bertz CT molecular complexity index is 588. The van der Waals surface area contributed by atoms with Crippen molar-refractivity contribution in [3.63, 3.8) is 0 Å². The van der Waals surface area contributed by atoms with Crippen LogP contribution in [0.25, 0.3) is 0 Å². The fourth-order valence-corrected chi connectivity index (χ4v) is 2.81. The Morgan fingerprint density at radius 2 is 1.80 bits per heavy atom. The molecule has 0 aliphatic carbocycles. The number of nitrogens with zero attached hydrogens (tertiary/aromatic N) is 1. The van der Waals surface area contributed by atoms with Gasteiger partial charge in [-0.2, -0.15) is 8.42 Å². The summed E-state index contributed by atoms with van der Waals surface area (Å²) in [6.45, 7) is 0. The molecule has 0 aromatic heterocycles. The number of halogens is 2. The zero-order valence-corrected chi connectivity index (χ0v) is 10.7. The van der Waals surface area contributed by atoms with Crippen LogP contribution < -0.4 is 0 Å². The number of nitro groups is 1. The summed E-state index contributed by atoms with van der Waals surface area (Å²) in [7, 11) is -4.81. The molecule has 0 amide bonds. The van der Waals surface area contributed by atoms with Crippen molar-refractivity contribution in [2.75, 3.05) is 0 Å². The maximum Gasteiger partial charge on any atom is 0.297 e. The molecule has 1 aromatic rings. The van der Waals surface area contributed by atoms with Gasteiger partial charge >= 0.3 is 0 Å². The number of nitro benzene ring substituents is 1. The van der Waals surface area contributed by atoms with Gasteiger partial charge in [-0.3, -0.25) is 14.7 Å². The monoisotopic (exact) mass is 361 g/mol. The van der Waals surface area contributed by atoms with Gasteiger partial charge in [-0.1, -0.05) is 0 Å². The molecule has 0 atom stereocenters. The second kappa shape index (κ2) is 4.16. The highest BCUT2D eigenvalue weighted by atomic mass is 79.9. The predicted molar refractivity (Wildman–Crippen MR) is 58.3 cm³/mol. The van der Waals surface area contributed by atoms with E-state index in [2.05, 4.69) is 31.9 Å². The van der Waals surface area contributed by atoms with Crippen molar-refractivity contribution in [3.8, 4) is 0 Å². The molecule has 15 heavy (non-hydrogen) atoms. The molecule has 82 valence electrons. The lowest BCUT2D eigenvalue weighted by Crippen LogP contribution is -2.00. The summed E-state index contributed by atoms with van der Waals surface area (Å²) < 4.78 is 44.7. The van der Waals surface area contributed by atoms with Gasteiger partial charge in [0, 0.05) is 0 Å². The molecule has 1 aromatic carbocycles. The third-order valence-corrected chi connectivity index (χ3v) is 3.17. The zero-order chi connectivity index (χ0) is 13.5. The number of hydrogen-bond acceptors (Lipinski definition) is 4. The molecule has 1 rings (SSSR count). The van der Waals surface area contributed by atoms with Gasteiger partial charge in [0.1, 0.15) is 0 Å². The van der Waals surface area contributed by atoms with Crippen LogP contribution in [0.3, 0.4) is 0 Å². The first-order valence-electron chi connectivity index (χ1n) is 4.19. The summed E-state index contributed by atoms with van der Waals surface area (Å²) in [5, 5.41) is 10.7. The van der Waals surface area contributed by atoms with E-state index >= 15 is 0 Å². The van der Waals surface area contributed by atoms with Gasteiger partial charge in [-0.15, -0.1) is 0 Å². The Hall–Kier alpha value is -0.510. The average Bonchev–Trinajstić information content (AvgIpc) is 2.12. The van der Waals surface area contributed by atoms with Crippen molar-refractivity contribution >= 4 is 47.7 Å². The van der Waals surface area contributed by atoms with E-state index in [0.29, 0.717) is 0 Å². The van der Waals surface area contributed by atoms with Crippen LogP contribution in [0.1, 0.15) is 2.74 Å². The summed E-state index contributed by atoms with van der Waals surface area (Å²) in [5.41, 5.74) is -0.646. The van der Waals surface area contributed by atoms with Crippen molar-refractivity contribution in [2.45, 2.75) is 4.90 Å². The minimum absolute atomic E-state index is 0.432. The first-order chi connectivity index (χ1) is 7.59. The van der Waals surface area contributed by atoms with Crippen molar-refractivity contribution in [2.24, 2.45) is 0 Å². The summed E-state index contributed by atoms with van der Waals surface area (Å²) in [5.74, 6) is 0. The number of benzene rings is 1. The van der Waals surface area contributed by atoms with Gasteiger partial charge in [0.2, 0.25) is 0 Å². The highest BCUT2D eigenvalue weighted by Crippen LogP contribution is 2.35. The van der Waals surface area contributed by atoms with Crippen LogP contribution >= 0.6 is 31.9 Å².